The molecule has 0 aliphatic rings. The first-order valence-electron chi connectivity index (χ1n) is 4.87. The second-order valence-corrected chi connectivity index (χ2v) is 3.18. The van der Waals surface area contributed by atoms with Crippen molar-refractivity contribution in [2.45, 2.75) is 20.3 Å². The van der Waals surface area contributed by atoms with Gasteiger partial charge in [0.05, 0.1) is 29.0 Å². The fourth-order valence-electron chi connectivity index (χ4n) is 1.36. The molecule has 90 valence electrons. The lowest BCUT2D eigenvalue weighted by molar-refractivity contribution is 0.0514. The molecule has 0 N–H and O–H groups in total. The number of rotatable bonds is 3. The maximum atomic E-state index is 12.9. The van der Waals surface area contributed by atoms with Crippen molar-refractivity contribution in [1.29, 1.82) is 5.26 Å². The molecule has 0 saturated heterocycles. The van der Waals surface area contributed by atoms with Gasteiger partial charge in [0.15, 0.2) is 0 Å². The quantitative estimate of drug-likeness (QED) is 0.761. The van der Waals surface area contributed by atoms with Gasteiger partial charge in [-0.2, -0.15) is 5.26 Å². The Hall–Kier alpha value is -2.03. The summed E-state index contributed by atoms with van der Waals surface area (Å²) in [6, 6.07) is 1.63. The zero-order chi connectivity index (χ0) is 13.0. The largest absolute Gasteiger partial charge is 0.462 e. The number of carbonyl (C=O) groups is 1. The molecule has 0 saturated carbocycles. The van der Waals surface area contributed by atoms with Crippen LogP contribution in [0.25, 0.3) is 0 Å². The molecular weight excluding hydrogens is 230 g/mol. The van der Waals surface area contributed by atoms with E-state index in [0.29, 0.717) is 0 Å². The first-order valence-corrected chi connectivity index (χ1v) is 4.87. The van der Waals surface area contributed by atoms with Crippen molar-refractivity contribution in [2.75, 3.05) is 6.61 Å². The van der Waals surface area contributed by atoms with E-state index in [9.17, 15) is 13.6 Å². The van der Waals surface area contributed by atoms with E-state index >= 15 is 0 Å². The number of hydrogen-bond donors (Lipinski definition) is 0. The van der Waals surface area contributed by atoms with Crippen LogP contribution in [0, 0.1) is 18.3 Å². The van der Waals surface area contributed by atoms with Crippen LogP contribution < -0.4 is 0 Å². The highest BCUT2D eigenvalue weighted by molar-refractivity contribution is 5.91. The summed E-state index contributed by atoms with van der Waals surface area (Å²) in [6.07, 6.45) is -1.92. The molecular formula is C11H10F2N2O2. The van der Waals surface area contributed by atoms with Crippen LogP contribution in [0.3, 0.4) is 0 Å². The Balaban J connectivity index is 3.42. The van der Waals surface area contributed by atoms with E-state index < -0.39 is 18.0 Å². The summed E-state index contributed by atoms with van der Waals surface area (Å²) < 4.78 is 30.4. The summed E-state index contributed by atoms with van der Waals surface area (Å²) in [7, 11) is 0. The maximum Gasteiger partial charge on any atom is 0.340 e. The van der Waals surface area contributed by atoms with Gasteiger partial charge in [0.1, 0.15) is 6.07 Å². The van der Waals surface area contributed by atoms with Gasteiger partial charge in [-0.15, -0.1) is 0 Å². The first kappa shape index (κ1) is 13.0. The van der Waals surface area contributed by atoms with Crippen LogP contribution >= 0.6 is 0 Å². The van der Waals surface area contributed by atoms with Crippen molar-refractivity contribution in [1.82, 2.24) is 4.98 Å². The lowest BCUT2D eigenvalue weighted by Gasteiger charge is -2.10. The summed E-state index contributed by atoms with van der Waals surface area (Å²) in [5, 5.41) is 8.81. The van der Waals surface area contributed by atoms with Gasteiger partial charge < -0.3 is 4.74 Å². The molecule has 1 aromatic heterocycles. The Morgan fingerprint density at radius 3 is 2.76 bits per heavy atom. The Morgan fingerprint density at radius 1 is 1.65 bits per heavy atom. The van der Waals surface area contributed by atoms with Crippen molar-refractivity contribution >= 4 is 5.97 Å². The van der Waals surface area contributed by atoms with Crippen LogP contribution in [0.15, 0.2) is 6.20 Å². The van der Waals surface area contributed by atoms with Crippen LogP contribution in [-0.4, -0.2) is 17.6 Å². The number of aromatic nitrogens is 1. The SMILES string of the molecule is CCOC(=O)c1cnc(C)c(C#N)c1C(F)F. The third kappa shape index (κ3) is 2.56. The normalized spacial score (nSPS) is 10.1. The average molecular weight is 240 g/mol. The Bertz CT molecular complexity index is 481. The second kappa shape index (κ2) is 5.34. The maximum absolute atomic E-state index is 12.9. The summed E-state index contributed by atoms with van der Waals surface area (Å²) in [5.74, 6) is -0.896. The number of aryl methyl sites for hydroxylation is 1. The summed E-state index contributed by atoms with van der Waals surface area (Å²) >= 11 is 0. The molecule has 4 nitrogen and oxygen atoms in total. The number of ether oxygens (including phenoxy) is 1. The number of halogens is 2. The highest BCUT2D eigenvalue weighted by atomic mass is 19.3. The van der Waals surface area contributed by atoms with E-state index in [2.05, 4.69) is 9.72 Å². The second-order valence-electron chi connectivity index (χ2n) is 3.18. The number of pyridine rings is 1. The third-order valence-electron chi connectivity index (χ3n) is 2.13. The van der Waals surface area contributed by atoms with Gasteiger partial charge in [-0.25, -0.2) is 13.6 Å². The zero-order valence-electron chi connectivity index (χ0n) is 9.33. The predicted octanol–water partition coefficient (Wildman–Crippen LogP) is 2.38. The van der Waals surface area contributed by atoms with Crippen molar-refractivity contribution in [2.24, 2.45) is 0 Å². The Labute approximate surface area is 96.8 Å². The van der Waals surface area contributed by atoms with Gasteiger partial charge in [-0.1, -0.05) is 0 Å². The molecule has 0 aliphatic carbocycles. The molecule has 0 fully saturated rings. The molecule has 0 amide bonds. The van der Waals surface area contributed by atoms with Crippen LogP contribution in [-0.2, 0) is 4.74 Å². The van der Waals surface area contributed by atoms with Gasteiger partial charge in [0.25, 0.3) is 6.43 Å². The van der Waals surface area contributed by atoms with Gasteiger partial charge in [-0.05, 0) is 13.8 Å². The smallest absolute Gasteiger partial charge is 0.340 e. The van der Waals surface area contributed by atoms with E-state index in [0.717, 1.165) is 6.20 Å². The molecule has 17 heavy (non-hydrogen) atoms. The van der Waals surface area contributed by atoms with E-state index in [1.807, 2.05) is 0 Å². The molecule has 1 heterocycles. The number of nitriles is 1. The minimum Gasteiger partial charge on any atom is -0.462 e. The number of hydrogen-bond acceptors (Lipinski definition) is 4. The first-order chi connectivity index (χ1) is 8.02. The van der Waals surface area contributed by atoms with Crippen molar-refractivity contribution in [3.05, 3.63) is 28.6 Å². The molecule has 0 bridgehead atoms. The van der Waals surface area contributed by atoms with Gasteiger partial charge in [0, 0.05) is 6.20 Å². The van der Waals surface area contributed by atoms with Crippen LogP contribution in [0.2, 0.25) is 0 Å². The zero-order valence-corrected chi connectivity index (χ0v) is 9.33. The summed E-state index contributed by atoms with van der Waals surface area (Å²) in [5.41, 5.74) is -1.08. The summed E-state index contributed by atoms with van der Waals surface area (Å²) in [4.78, 5) is 15.2. The minimum absolute atomic E-state index is 0.0667. The van der Waals surface area contributed by atoms with Crippen LogP contribution in [0.1, 0.15) is 40.5 Å². The fraction of sp³-hybridized carbons (Fsp3) is 0.364. The van der Waals surface area contributed by atoms with E-state index in [4.69, 9.17) is 5.26 Å². The molecule has 0 radical (unpaired) electrons. The number of alkyl halides is 2. The summed E-state index contributed by atoms with van der Waals surface area (Å²) in [6.45, 7) is 3.06. The molecule has 1 rings (SSSR count). The molecule has 6 heteroatoms. The van der Waals surface area contributed by atoms with Crippen molar-refractivity contribution < 1.29 is 18.3 Å². The average Bonchev–Trinajstić information content (AvgIpc) is 2.28. The molecule has 0 unspecified atom stereocenters. The highest BCUT2D eigenvalue weighted by Crippen LogP contribution is 2.28. The van der Waals surface area contributed by atoms with Gasteiger partial charge in [0.2, 0.25) is 0 Å². The van der Waals surface area contributed by atoms with E-state index in [1.54, 1.807) is 13.0 Å². The van der Waals surface area contributed by atoms with Crippen LogP contribution in [0.5, 0.6) is 0 Å². The molecule has 0 aliphatic heterocycles. The Kier molecular flexibility index (Phi) is 4.10. The molecule has 0 aromatic carbocycles. The van der Waals surface area contributed by atoms with Gasteiger partial charge in [-0.3, -0.25) is 4.98 Å². The fourth-order valence-corrected chi connectivity index (χ4v) is 1.36. The molecule has 0 atom stereocenters. The standard InChI is InChI=1S/C11H10F2N2O2/c1-3-17-11(16)8-5-15-6(2)7(4-14)9(8)10(12)13/h5,10H,3H2,1-2H3. The van der Waals surface area contributed by atoms with Crippen LogP contribution in [0.4, 0.5) is 8.78 Å². The number of nitrogens with zero attached hydrogens (tertiary/aromatic N) is 2. The number of esters is 1. The van der Waals surface area contributed by atoms with E-state index in [1.165, 1.54) is 6.92 Å². The topological polar surface area (TPSA) is 63.0 Å². The highest BCUT2D eigenvalue weighted by Gasteiger charge is 2.25. The molecule has 0 spiro atoms. The van der Waals surface area contributed by atoms with Crippen molar-refractivity contribution in [3.63, 3.8) is 0 Å². The van der Waals surface area contributed by atoms with E-state index in [-0.39, 0.29) is 23.4 Å². The lowest BCUT2D eigenvalue weighted by atomic mass is 10.0. The predicted molar refractivity (Wildman–Crippen MR) is 54.6 cm³/mol. The van der Waals surface area contributed by atoms with Crippen molar-refractivity contribution in [3.8, 4) is 6.07 Å². The number of carbonyl (C=O) groups excluding carboxylic acids is 1. The Morgan fingerprint density at radius 2 is 2.29 bits per heavy atom. The molecule has 1 aromatic rings. The third-order valence-corrected chi connectivity index (χ3v) is 2.13. The lowest BCUT2D eigenvalue weighted by Crippen LogP contribution is -2.12. The van der Waals surface area contributed by atoms with Gasteiger partial charge >= 0.3 is 5.97 Å². The monoisotopic (exact) mass is 240 g/mol. The minimum atomic E-state index is -2.93.